The molecule has 1 aliphatic rings. The van der Waals surface area contributed by atoms with Crippen LogP contribution in [0.4, 0.5) is 0 Å². The topological polar surface area (TPSA) is 41.4 Å². The highest BCUT2D eigenvalue weighted by Crippen LogP contribution is 2.22. The molecule has 1 amide bonds. The lowest BCUT2D eigenvalue weighted by Gasteiger charge is -2.28. The molecule has 1 unspecified atom stereocenters. The van der Waals surface area contributed by atoms with Gasteiger partial charge in [-0.2, -0.15) is 0 Å². The predicted octanol–water partition coefficient (Wildman–Crippen LogP) is 3.50. The average molecular weight is 362 g/mol. The summed E-state index contributed by atoms with van der Waals surface area (Å²) in [5, 5.41) is 0. The highest BCUT2D eigenvalue weighted by Gasteiger charge is 2.28. The van der Waals surface area contributed by atoms with Crippen LogP contribution in [0.1, 0.15) is 29.5 Å². The van der Waals surface area contributed by atoms with Gasteiger partial charge in [-0.1, -0.05) is 12.1 Å². The van der Waals surface area contributed by atoms with Crippen molar-refractivity contribution in [3.63, 3.8) is 0 Å². The second-order valence-electron chi connectivity index (χ2n) is 7.33. The van der Waals surface area contributed by atoms with Gasteiger partial charge in [-0.05, 0) is 70.3 Å². The van der Waals surface area contributed by atoms with Crippen LogP contribution < -0.4 is 0 Å². The van der Waals surface area contributed by atoms with E-state index in [1.807, 2.05) is 54.3 Å². The van der Waals surface area contributed by atoms with Crippen LogP contribution in [0.25, 0.3) is 16.7 Å². The molecule has 1 saturated heterocycles. The fraction of sp³-hybridized carbons (Fsp3) is 0.364. The highest BCUT2D eigenvalue weighted by atomic mass is 16.2. The van der Waals surface area contributed by atoms with Crippen molar-refractivity contribution in [2.75, 3.05) is 26.7 Å². The van der Waals surface area contributed by atoms with E-state index >= 15 is 0 Å². The fourth-order valence-corrected chi connectivity index (χ4v) is 4.13. The van der Waals surface area contributed by atoms with Crippen LogP contribution in [0.5, 0.6) is 0 Å². The zero-order chi connectivity index (χ0) is 19.0. The number of hydrogen-bond acceptors (Lipinski definition) is 3. The second-order valence-corrected chi connectivity index (χ2v) is 7.33. The molecule has 3 aromatic rings. The number of fused-ring (bicyclic) bond motifs is 1. The smallest absolute Gasteiger partial charge is 0.254 e. The van der Waals surface area contributed by atoms with Gasteiger partial charge in [-0.3, -0.25) is 9.36 Å². The first-order valence-electron chi connectivity index (χ1n) is 9.62. The Balaban J connectivity index is 1.61. The van der Waals surface area contributed by atoms with E-state index in [4.69, 9.17) is 0 Å². The molecule has 0 spiro atoms. The van der Waals surface area contributed by atoms with E-state index in [-0.39, 0.29) is 5.91 Å². The van der Waals surface area contributed by atoms with Crippen LogP contribution >= 0.6 is 0 Å². The number of likely N-dealkylation sites (tertiary alicyclic amines) is 1. The number of rotatable bonds is 4. The number of likely N-dealkylation sites (N-methyl/N-ethyl adjacent to an activating group) is 2. The highest BCUT2D eigenvalue weighted by molar-refractivity contribution is 5.94. The summed E-state index contributed by atoms with van der Waals surface area (Å²) >= 11 is 0. The molecule has 0 radical (unpaired) electrons. The summed E-state index contributed by atoms with van der Waals surface area (Å²) in [4.78, 5) is 22.0. The summed E-state index contributed by atoms with van der Waals surface area (Å²) in [6.07, 6.45) is 1.05. The normalized spacial score (nSPS) is 17.5. The summed E-state index contributed by atoms with van der Waals surface area (Å²) in [6.45, 7) is 6.82. The maximum Gasteiger partial charge on any atom is 0.254 e. The van der Waals surface area contributed by atoms with Crippen LogP contribution in [0, 0.1) is 6.92 Å². The number of imidazole rings is 1. The van der Waals surface area contributed by atoms with Crippen LogP contribution in [0.3, 0.4) is 0 Å². The fourth-order valence-electron chi connectivity index (χ4n) is 4.13. The van der Waals surface area contributed by atoms with Crippen molar-refractivity contribution in [3.05, 3.63) is 59.9 Å². The number of carbonyl (C=O) groups excluding carboxylic acids is 1. The van der Waals surface area contributed by atoms with Crippen molar-refractivity contribution in [2.24, 2.45) is 0 Å². The first kappa shape index (κ1) is 17.7. The van der Waals surface area contributed by atoms with Crippen molar-refractivity contribution >= 4 is 16.9 Å². The standard InChI is InChI=1S/C22H26N4O/c1-4-25(19-13-14-24(3)15-19)22(27)17-9-11-18(12-10-17)26-16(2)23-20-7-5-6-8-21(20)26/h5-12,19H,4,13-15H2,1-3H3. The molecule has 140 valence electrons. The molecule has 4 rings (SSSR count). The van der Waals surface area contributed by atoms with Gasteiger partial charge in [0.15, 0.2) is 0 Å². The summed E-state index contributed by atoms with van der Waals surface area (Å²) in [6, 6.07) is 16.3. The molecule has 0 saturated carbocycles. The summed E-state index contributed by atoms with van der Waals surface area (Å²) in [5.41, 5.74) is 3.84. The third-order valence-corrected chi connectivity index (χ3v) is 5.51. The van der Waals surface area contributed by atoms with Crippen LogP contribution in [-0.2, 0) is 0 Å². The Bertz CT molecular complexity index is 960. The van der Waals surface area contributed by atoms with Gasteiger partial charge in [0, 0.05) is 30.4 Å². The molecule has 0 aliphatic carbocycles. The Kier molecular flexibility index (Phi) is 4.70. The number of carbonyl (C=O) groups is 1. The summed E-state index contributed by atoms with van der Waals surface area (Å²) in [7, 11) is 2.12. The number of hydrogen-bond donors (Lipinski definition) is 0. The minimum absolute atomic E-state index is 0.122. The molecular formula is C22H26N4O. The Labute approximate surface area is 160 Å². The van der Waals surface area contributed by atoms with E-state index in [9.17, 15) is 4.79 Å². The molecule has 1 fully saturated rings. The van der Waals surface area contributed by atoms with Gasteiger partial charge < -0.3 is 9.80 Å². The average Bonchev–Trinajstić information content (AvgIpc) is 3.25. The molecule has 1 aromatic heterocycles. The Morgan fingerprint density at radius 1 is 1.19 bits per heavy atom. The lowest BCUT2D eigenvalue weighted by molar-refractivity contribution is 0.0696. The van der Waals surface area contributed by atoms with Gasteiger partial charge >= 0.3 is 0 Å². The maximum atomic E-state index is 13.0. The molecule has 0 bridgehead atoms. The third-order valence-electron chi connectivity index (χ3n) is 5.51. The summed E-state index contributed by atoms with van der Waals surface area (Å²) in [5.74, 6) is 1.07. The Hall–Kier alpha value is -2.66. The quantitative estimate of drug-likeness (QED) is 0.713. The first-order chi connectivity index (χ1) is 13.1. The van der Waals surface area contributed by atoms with E-state index in [1.165, 1.54) is 0 Å². The van der Waals surface area contributed by atoms with Crippen LogP contribution in [-0.4, -0.2) is 58.0 Å². The number of nitrogens with zero attached hydrogens (tertiary/aromatic N) is 4. The molecule has 5 heteroatoms. The van der Waals surface area contributed by atoms with E-state index in [0.717, 1.165) is 54.2 Å². The van der Waals surface area contributed by atoms with Gasteiger partial charge in [0.25, 0.3) is 5.91 Å². The zero-order valence-electron chi connectivity index (χ0n) is 16.2. The van der Waals surface area contributed by atoms with Gasteiger partial charge in [0.05, 0.1) is 11.0 Å². The van der Waals surface area contributed by atoms with Crippen LogP contribution in [0.15, 0.2) is 48.5 Å². The van der Waals surface area contributed by atoms with E-state index in [0.29, 0.717) is 6.04 Å². The van der Waals surface area contributed by atoms with Crippen molar-refractivity contribution < 1.29 is 4.79 Å². The molecule has 2 heterocycles. The first-order valence-corrected chi connectivity index (χ1v) is 9.62. The molecule has 1 atom stereocenters. The van der Waals surface area contributed by atoms with Gasteiger partial charge in [0.2, 0.25) is 0 Å². The van der Waals surface area contributed by atoms with Crippen LogP contribution in [0.2, 0.25) is 0 Å². The second kappa shape index (κ2) is 7.16. The Morgan fingerprint density at radius 2 is 1.93 bits per heavy atom. The number of para-hydroxylation sites is 2. The molecule has 1 aliphatic heterocycles. The summed E-state index contributed by atoms with van der Waals surface area (Å²) < 4.78 is 2.13. The largest absolute Gasteiger partial charge is 0.335 e. The maximum absolute atomic E-state index is 13.0. The molecule has 5 nitrogen and oxygen atoms in total. The third kappa shape index (κ3) is 3.23. The number of amides is 1. The van der Waals surface area contributed by atoms with Gasteiger partial charge in [-0.15, -0.1) is 0 Å². The van der Waals surface area contributed by atoms with Crippen molar-refractivity contribution in [1.82, 2.24) is 19.4 Å². The predicted molar refractivity (Wildman–Crippen MR) is 108 cm³/mol. The molecular weight excluding hydrogens is 336 g/mol. The monoisotopic (exact) mass is 362 g/mol. The van der Waals surface area contributed by atoms with Crippen molar-refractivity contribution in [2.45, 2.75) is 26.3 Å². The number of aryl methyl sites for hydroxylation is 1. The number of aromatic nitrogens is 2. The molecule has 27 heavy (non-hydrogen) atoms. The zero-order valence-corrected chi connectivity index (χ0v) is 16.2. The van der Waals surface area contributed by atoms with E-state index in [2.05, 4.69) is 34.5 Å². The van der Waals surface area contributed by atoms with Gasteiger partial charge in [-0.25, -0.2) is 4.98 Å². The lowest BCUT2D eigenvalue weighted by Crippen LogP contribution is -2.41. The Morgan fingerprint density at radius 3 is 2.59 bits per heavy atom. The number of benzene rings is 2. The van der Waals surface area contributed by atoms with E-state index < -0.39 is 0 Å². The molecule has 0 N–H and O–H groups in total. The molecule has 2 aromatic carbocycles. The SMILES string of the molecule is CCN(C(=O)c1ccc(-n2c(C)nc3ccccc32)cc1)C1CCN(C)C1. The van der Waals surface area contributed by atoms with Crippen molar-refractivity contribution in [1.29, 1.82) is 0 Å². The minimum Gasteiger partial charge on any atom is -0.335 e. The lowest BCUT2D eigenvalue weighted by atomic mass is 10.1. The van der Waals surface area contributed by atoms with Crippen molar-refractivity contribution in [3.8, 4) is 5.69 Å². The van der Waals surface area contributed by atoms with E-state index in [1.54, 1.807) is 0 Å². The van der Waals surface area contributed by atoms with Gasteiger partial charge in [0.1, 0.15) is 5.82 Å². The minimum atomic E-state index is 0.122.